The van der Waals surface area contributed by atoms with Gasteiger partial charge in [-0.2, -0.15) is 0 Å². The fourth-order valence-corrected chi connectivity index (χ4v) is 3.65. The average Bonchev–Trinajstić information content (AvgIpc) is 2.56. The zero-order chi connectivity index (χ0) is 14.7. The van der Waals surface area contributed by atoms with Gasteiger partial charge in [-0.15, -0.1) is 0 Å². The van der Waals surface area contributed by atoms with Crippen molar-refractivity contribution in [1.29, 1.82) is 0 Å². The van der Waals surface area contributed by atoms with Gasteiger partial charge in [-0.25, -0.2) is 0 Å². The lowest BCUT2D eigenvalue weighted by molar-refractivity contribution is 0.418. The standard InChI is InChI=1S/C18H25N3/c1-2-21(15-8-4-3-5-9-15)18-14(12-19)13-20-17-11-7-6-10-16(17)18/h6-7,10-11,13,15H,2-5,8-9,12,19H2,1H3. The van der Waals surface area contributed by atoms with Crippen LogP contribution in [0.5, 0.6) is 0 Å². The Morgan fingerprint density at radius 2 is 1.95 bits per heavy atom. The normalized spacial score (nSPS) is 16.3. The Hall–Kier alpha value is -1.61. The van der Waals surface area contributed by atoms with Gasteiger partial charge in [0, 0.05) is 36.3 Å². The number of fused-ring (bicyclic) bond motifs is 1. The molecular weight excluding hydrogens is 258 g/mol. The quantitative estimate of drug-likeness (QED) is 0.926. The summed E-state index contributed by atoms with van der Waals surface area (Å²) in [6.45, 7) is 3.84. The molecule has 0 spiro atoms. The van der Waals surface area contributed by atoms with Gasteiger partial charge in [-0.05, 0) is 25.8 Å². The van der Waals surface area contributed by atoms with Gasteiger partial charge in [0.15, 0.2) is 0 Å². The third-order valence-corrected chi connectivity index (χ3v) is 4.69. The van der Waals surface area contributed by atoms with Crippen LogP contribution in [-0.2, 0) is 6.54 Å². The van der Waals surface area contributed by atoms with Crippen LogP contribution in [0.15, 0.2) is 30.5 Å². The molecule has 1 aliphatic rings. The monoisotopic (exact) mass is 283 g/mol. The van der Waals surface area contributed by atoms with E-state index >= 15 is 0 Å². The molecule has 3 rings (SSSR count). The summed E-state index contributed by atoms with van der Waals surface area (Å²) < 4.78 is 0. The average molecular weight is 283 g/mol. The van der Waals surface area contributed by atoms with E-state index in [0.29, 0.717) is 12.6 Å². The highest BCUT2D eigenvalue weighted by Crippen LogP contribution is 2.34. The van der Waals surface area contributed by atoms with E-state index in [0.717, 1.165) is 12.1 Å². The molecule has 0 unspecified atom stereocenters. The van der Waals surface area contributed by atoms with Crippen LogP contribution in [0.25, 0.3) is 10.9 Å². The molecule has 1 heterocycles. The number of aromatic nitrogens is 1. The molecule has 0 amide bonds. The fraction of sp³-hybridized carbons (Fsp3) is 0.500. The molecule has 3 heteroatoms. The summed E-state index contributed by atoms with van der Waals surface area (Å²) >= 11 is 0. The van der Waals surface area contributed by atoms with Crippen molar-refractivity contribution < 1.29 is 0 Å². The van der Waals surface area contributed by atoms with Crippen LogP contribution in [0.3, 0.4) is 0 Å². The highest BCUT2D eigenvalue weighted by Gasteiger charge is 2.23. The van der Waals surface area contributed by atoms with Crippen molar-refractivity contribution in [3.05, 3.63) is 36.0 Å². The molecule has 0 saturated heterocycles. The molecule has 1 aromatic carbocycles. The molecule has 1 aromatic heterocycles. The van der Waals surface area contributed by atoms with Gasteiger partial charge in [-0.3, -0.25) is 4.98 Å². The molecule has 112 valence electrons. The van der Waals surface area contributed by atoms with Crippen molar-refractivity contribution >= 4 is 16.6 Å². The number of rotatable bonds is 4. The largest absolute Gasteiger partial charge is 0.368 e. The van der Waals surface area contributed by atoms with Gasteiger partial charge in [0.2, 0.25) is 0 Å². The highest BCUT2D eigenvalue weighted by molar-refractivity contribution is 5.93. The third kappa shape index (κ3) is 2.75. The Labute approximate surface area is 127 Å². The molecule has 1 saturated carbocycles. The van der Waals surface area contributed by atoms with E-state index in [-0.39, 0.29) is 0 Å². The predicted octanol–water partition coefficient (Wildman–Crippen LogP) is 3.85. The number of para-hydroxylation sites is 1. The maximum absolute atomic E-state index is 6.00. The van der Waals surface area contributed by atoms with Crippen LogP contribution in [0.1, 0.15) is 44.6 Å². The van der Waals surface area contributed by atoms with Crippen molar-refractivity contribution in [2.45, 2.75) is 51.6 Å². The van der Waals surface area contributed by atoms with Gasteiger partial charge in [0.1, 0.15) is 0 Å². The molecule has 0 radical (unpaired) electrons. The second-order valence-corrected chi connectivity index (χ2v) is 5.93. The molecule has 1 fully saturated rings. The van der Waals surface area contributed by atoms with Crippen molar-refractivity contribution in [2.75, 3.05) is 11.4 Å². The molecule has 21 heavy (non-hydrogen) atoms. The van der Waals surface area contributed by atoms with Crippen LogP contribution in [-0.4, -0.2) is 17.6 Å². The fourth-order valence-electron chi connectivity index (χ4n) is 3.65. The van der Waals surface area contributed by atoms with E-state index in [2.05, 4.69) is 41.1 Å². The van der Waals surface area contributed by atoms with Crippen LogP contribution < -0.4 is 10.6 Å². The Kier molecular flexibility index (Phi) is 4.39. The van der Waals surface area contributed by atoms with Gasteiger partial charge >= 0.3 is 0 Å². The Morgan fingerprint density at radius 3 is 2.67 bits per heavy atom. The number of hydrogen-bond donors (Lipinski definition) is 1. The summed E-state index contributed by atoms with van der Waals surface area (Å²) in [4.78, 5) is 7.14. The predicted molar refractivity (Wildman–Crippen MR) is 89.5 cm³/mol. The minimum absolute atomic E-state index is 0.552. The second kappa shape index (κ2) is 6.44. The van der Waals surface area contributed by atoms with Crippen LogP contribution in [0.2, 0.25) is 0 Å². The first-order valence-electron chi connectivity index (χ1n) is 8.18. The summed E-state index contributed by atoms with van der Waals surface area (Å²) in [6.07, 6.45) is 8.64. The van der Waals surface area contributed by atoms with Crippen molar-refractivity contribution in [3.63, 3.8) is 0 Å². The number of pyridine rings is 1. The topological polar surface area (TPSA) is 42.1 Å². The molecule has 0 bridgehead atoms. The lowest BCUT2D eigenvalue weighted by Crippen LogP contribution is -2.37. The smallest absolute Gasteiger partial charge is 0.0723 e. The van der Waals surface area contributed by atoms with Crippen LogP contribution in [0.4, 0.5) is 5.69 Å². The van der Waals surface area contributed by atoms with E-state index in [9.17, 15) is 0 Å². The lowest BCUT2D eigenvalue weighted by Gasteiger charge is -2.37. The van der Waals surface area contributed by atoms with Gasteiger partial charge in [0.25, 0.3) is 0 Å². The van der Waals surface area contributed by atoms with Crippen LogP contribution >= 0.6 is 0 Å². The summed E-state index contributed by atoms with van der Waals surface area (Å²) in [7, 11) is 0. The van der Waals surface area contributed by atoms with Crippen molar-refractivity contribution in [2.24, 2.45) is 5.73 Å². The maximum Gasteiger partial charge on any atom is 0.0723 e. The summed E-state index contributed by atoms with van der Waals surface area (Å²) in [5, 5.41) is 1.24. The van der Waals surface area contributed by atoms with Crippen LogP contribution in [0, 0.1) is 0 Å². The maximum atomic E-state index is 6.00. The Balaban J connectivity index is 2.10. The molecule has 3 nitrogen and oxygen atoms in total. The molecule has 2 aromatic rings. The Bertz CT molecular complexity index is 602. The third-order valence-electron chi connectivity index (χ3n) is 4.69. The minimum Gasteiger partial charge on any atom is -0.368 e. The SMILES string of the molecule is CCN(c1c(CN)cnc2ccccc12)C1CCCCC1. The zero-order valence-corrected chi connectivity index (χ0v) is 12.9. The van der Waals surface area contributed by atoms with Crippen molar-refractivity contribution in [1.82, 2.24) is 4.98 Å². The van der Waals surface area contributed by atoms with Gasteiger partial charge < -0.3 is 10.6 Å². The first-order valence-corrected chi connectivity index (χ1v) is 8.18. The van der Waals surface area contributed by atoms with Gasteiger partial charge in [-0.1, -0.05) is 37.5 Å². The summed E-state index contributed by atoms with van der Waals surface area (Å²) in [6, 6.07) is 9.08. The van der Waals surface area contributed by atoms with E-state index in [1.165, 1.54) is 48.7 Å². The van der Waals surface area contributed by atoms with E-state index in [1.54, 1.807) is 0 Å². The molecule has 2 N–H and O–H groups in total. The summed E-state index contributed by atoms with van der Waals surface area (Å²) in [5.41, 5.74) is 9.55. The lowest BCUT2D eigenvalue weighted by atomic mass is 9.93. The number of hydrogen-bond acceptors (Lipinski definition) is 3. The number of anilines is 1. The zero-order valence-electron chi connectivity index (χ0n) is 12.9. The van der Waals surface area contributed by atoms with E-state index in [1.807, 2.05) is 6.20 Å². The molecule has 0 atom stereocenters. The Morgan fingerprint density at radius 1 is 1.19 bits per heavy atom. The number of nitrogens with two attached hydrogens (primary N) is 1. The van der Waals surface area contributed by atoms with E-state index < -0.39 is 0 Å². The number of benzene rings is 1. The summed E-state index contributed by atoms with van der Waals surface area (Å²) in [5.74, 6) is 0. The second-order valence-electron chi connectivity index (χ2n) is 5.93. The van der Waals surface area contributed by atoms with E-state index in [4.69, 9.17) is 5.73 Å². The first-order chi connectivity index (χ1) is 10.3. The molecule has 0 aliphatic heterocycles. The highest BCUT2D eigenvalue weighted by atomic mass is 15.2. The van der Waals surface area contributed by atoms with Crippen molar-refractivity contribution in [3.8, 4) is 0 Å². The van der Waals surface area contributed by atoms with Gasteiger partial charge in [0.05, 0.1) is 11.2 Å². The molecule has 1 aliphatic carbocycles. The number of nitrogens with zero attached hydrogens (tertiary/aromatic N) is 2. The first kappa shape index (κ1) is 14.3. The minimum atomic E-state index is 0.552. The molecular formula is C18H25N3.